The number of aryl methyl sites for hydroxylation is 2. The second-order valence-corrected chi connectivity index (χ2v) is 4.18. The van der Waals surface area contributed by atoms with Crippen molar-refractivity contribution in [3.05, 3.63) is 33.9 Å². The smallest absolute Gasteiger partial charge is 0.340 e. The van der Waals surface area contributed by atoms with Crippen LogP contribution in [0.4, 0.5) is 0 Å². The summed E-state index contributed by atoms with van der Waals surface area (Å²) in [6, 6.07) is 2.01. The van der Waals surface area contributed by atoms with Crippen molar-refractivity contribution in [1.82, 2.24) is 0 Å². The molecule has 0 aliphatic carbocycles. The molecule has 1 aromatic rings. The summed E-state index contributed by atoms with van der Waals surface area (Å²) in [4.78, 5) is 11.9. The van der Waals surface area contributed by atoms with Gasteiger partial charge >= 0.3 is 5.97 Å². The molecular formula is C14H20O3. The topological polar surface area (TPSA) is 35.5 Å². The molecule has 0 unspecified atom stereocenters. The number of rotatable bonds is 4. The van der Waals surface area contributed by atoms with Gasteiger partial charge in [0.05, 0.1) is 5.56 Å². The number of hydrogen-bond acceptors (Lipinski definition) is 3. The Morgan fingerprint density at radius 2 is 1.76 bits per heavy atom. The summed E-state index contributed by atoms with van der Waals surface area (Å²) in [5, 5.41) is 0. The lowest BCUT2D eigenvalue weighted by atomic mass is 9.94. The Morgan fingerprint density at radius 1 is 1.12 bits per heavy atom. The zero-order valence-corrected chi connectivity index (χ0v) is 11.2. The maximum absolute atomic E-state index is 11.9. The Balaban J connectivity index is 2.97. The van der Waals surface area contributed by atoms with E-state index in [1.54, 1.807) is 0 Å². The average molecular weight is 236 g/mol. The van der Waals surface area contributed by atoms with Gasteiger partial charge in [-0.05, 0) is 56.9 Å². The highest BCUT2D eigenvalue weighted by atomic mass is 16.7. The van der Waals surface area contributed by atoms with Crippen molar-refractivity contribution in [2.75, 3.05) is 13.4 Å². The Hall–Kier alpha value is -1.35. The molecule has 0 saturated heterocycles. The molecule has 1 rings (SSSR count). The van der Waals surface area contributed by atoms with E-state index in [1.807, 2.05) is 40.7 Å². The molecular weight excluding hydrogens is 216 g/mol. The average Bonchev–Trinajstić information content (AvgIpc) is 2.26. The lowest BCUT2D eigenvalue weighted by Gasteiger charge is -2.14. The van der Waals surface area contributed by atoms with Crippen LogP contribution in [-0.2, 0) is 9.47 Å². The Bertz CT molecular complexity index is 422. The monoisotopic (exact) mass is 236 g/mol. The largest absolute Gasteiger partial charge is 0.435 e. The van der Waals surface area contributed by atoms with E-state index in [-0.39, 0.29) is 12.8 Å². The van der Waals surface area contributed by atoms with Gasteiger partial charge in [0, 0.05) is 6.61 Å². The van der Waals surface area contributed by atoms with Crippen molar-refractivity contribution in [2.24, 2.45) is 0 Å². The van der Waals surface area contributed by atoms with Crippen molar-refractivity contribution in [3.8, 4) is 0 Å². The molecule has 0 bridgehead atoms. The number of carbonyl (C=O) groups is 1. The van der Waals surface area contributed by atoms with Gasteiger partial charge in [-0.3, -0.25) is 0 Å². The Morgan fingerprint density at radius 3 is 2.35 bits per heavy atom. The minimum atomic E-state index is -0.309. The van der Waals surface area contributed by atoms with Crippen LogP contribution in [0.15, 0.2) is 6.07 Å². The number of ether oxygens (including phenoxy) is 2. The van der Waals surface area contributed by atoms with Crippen molar-refractivity contribution in [2.45, 2.75) is 34.6 Å². The van der Waals surface area contributed by atoms with Gasteiger partial charge in [0.15, 0.2) is 6.79 Å². The fraction of sp³-hybridized carbons (Fsp3) is 0.500. The number of benzene rings is 1. The van der Waals surface area contributed by atoms with Crippen molar-refractivity contribution in [1.29, 1.82) is 0 Å². The van der Waals surface area contributed by atoms with E-state index in [4.69, 9.17) is 9.47 Å². The molecule has 0 spiro atoms. The number of esters is 1. The second kappa shape index (κ2) is 5.82. The van der Waals surface area contributed by atoms with Gasteiger partial charge in [0.2, 0.25) is 0 Å². The second-order valence-electron chi connectivity index (χ2n) is 4.18. The zero-order valence-electron chi connectivity index (χ0n) is 11.2. The molecule has 0 saturated carbocycles. The van der Waals surface area contributed by atoms with Crippen LogP contribution in [0.5, 0.6) is 0 Å². The van der Waals surface area contributed by atoms with Crippen molar-refractivity contribution < 1.29 is 14.3 Å². The van der Waals surface area contributed by atoms with Crippen LogP contribution in [0, 0.1) is 27.7 Å². The van der Waals surface area contributed by atoms with Gasteiger partial charge in [-0.15, -0.1) is 0 Å². The first-order valence-electron chi connectivity index (χ1n) is 5.81. The first-order valence-corrected chi connectivity index (χ1v) is 5.81. The highest BCUT2D eigenvalue weighted by Crippen LogP contribution is 2.22. The van der Waals surface area contributed by atoms with E-state index >= 15 is 0 Å². The molecule has 1 aromatic carbocycles. The van der Waals surface area contributed by atoms with Crippen LogP contribution in [0.2, 0.25) is 0 Å². The first kappa shape index (κ1) is 13.7. The zero-order chi connectivity index (χ0) is 13.0. The van der Waals surface area contributed by atoms with Gasteiger partial charge in [-0.1, -0.05) is 6.07 Å². The summed E-state index contributed by atoms with van der Waals surface area (Å²) >= 11 is 0. The van der Waals surface area contributed by atoms with Gasteiger partial charge in [0.25, 0.3) is 0 Å². The lowest BCUT2D eigenvalue weighted by molar-refractivity contribution is -0.0275. The molecule has 0 heterocycles. The molecule has 94 valence electrons. The highest BCUT2D eigenvalue weighted by molar-refractivity contribution is 5.93. The van der Waals surface area contributed by atoms with Crippen LogP contribution in [0.3, 0.4) is 0 Å². The number of carbonyl (C=O) groups excluding carboxylic acids is 1. The first-order chi connectivity index (χ1) is 7.99. The molecule has 3 nitrogen and oxygen atoms in total. The van der Waals surface area contributed by atoms with Crippen LogP contribution in [0.1, 0.15) is 39.5 Å². The lowest BCUT2D eigenvalue weighted by Crippen LogP contribution is -2.13. The molecule has 0 atom stereocenters. The van der Waals surface area contributed by atoms with E-state index in [1.165, 1.54) is 5.56 Å². The maximum atomic E-state index is 11.9. The molecule has 0 aliphatic heterocycles. The van der Waals surface area contributed by atoms with E-state index < -0.39 is 0 Å². The molecule has 3 heteroatoms. The molecule has 0 amide bonds. The Labute approximate surface area is 103 Å². The summed E-state index contributed by atoms with van der Waals surface area (Å²) in [6.07, 6.45) is 0. The quantitative estimate of drug-likeness (QED) is 0.458. The minimum absolute atomic E-state index is 0.0150. The molecule has 0 fully saturated rings. The summed E-state index contributed by atoms with van der Waals surface area (Å²) in [5.41, 5.74) is 4.93. The third-order valence-corrected chi connectivity index (χ3v) is 3.04. The maximum Gasteiger partial charge on any atom is 0.340 e. The van der Waals surface area contributed by atoms with Gasteiger partial charge in [0.1, 0.15) is 0 Å². The summed E-state index contributed by atoms with van der Waals surface area (Å²) in [6.45, 7) is 10.4. The minimum Gasteiger partial charge on any atom is -0.435 e. The Kier molecular flexibility index (Phi) is 4.70. The van der Waals surface area contributed by atoms with E-state index in [2.05, 4.69) is 0 Å². The normalized spacial score (nSPS) is 10.4. The third-order valence-electron chi connectivity index (χ3n) is 3.04. The van der Waals surface area contributed by atoms with Gasteiger partial charge < -0.3 is 9.47 Å². The molecule has 0 radical (unpaired) electrons. The molecule has 0 N–H and O–H groups in total. The summed E-state index contributed by atoms with van der Waals surface area (Å²) < 4.78 is 10.1. The van der Waals surface area contributed by atoms with Crippen LogP contribution < -0.4 is 0 Å². The summed E-state index contributed by atoms with van der Waals surface area (Å²) in [5.74, 6) is -0.309. The highest BCUT2D eigenvalue weighted by Gasteiger charge is 2.16. The van der Waals surface area contributed by atoms with Crippen LogP contribution in [0.25, 0.3) is 0 Å². The summed E-state index contributed by atoms with van der Waals surface area (Å²) in [7, 11) is 0. The van der Waals surface area contributed by atoms with E-state index in [9.17, 15) is 4.79 Å². The molecule has 0 aromatic heterocycles. The van der Waals surface area contributed by atoms with Gasteiger partial charge in [-0.2, -0.15) is 0 Å². The number of hydrogen-bond donors (Lipinski definition) is 0. The predicted molar refractivity (Wildman–Crippen MR) is 67.3 cm³/mol. The van der Waals surface area contributed by atoms with Crippen molar-refractivity contribution in [3.63, 3.8) is 0 Å². The molecule has 17 heavy (non-hydrogen) atoms. The van der Waals surface area contributed by atoms with Crippen molar-refractivity contribution >= 4 is 5.97 Å². The van der Waals surface area contributed by atoms with Crippen LogP contribution >= 0.6 is 0 Å². The standard InChI is InChI=1S/C14H20O3/c1-6-16-8-17-14(15)13-10(3)7-9(2)11(4)12(13)5/h7H,6,8H2,1-5H3. The SMILES string of the molecule is CCOCOC(=O)c1c(C)cc(C)c(C)c1C. The third kappa shape index (κ3) is 3.07. The van der Waals surface area contributed by atoms with Gasteiger partial charge in [-0.25, -0.2) is 4.79 Å². The predicted octanol–water partition coefficient (Wildman–Crippen LogP) is 3.07. The molecule has 0 aliphatic rings. The fourth-order valence-electron chi connectivity index (χ4n) is 1.85. The fourth-order valence-corrected chi connectivity index (χ4v) is 1.85. The van der Waals surface area contributed by atoms with E-state index in [0.29, 0.717) is 12.2 Å². The van der Waals surface area contributed by atoms with E-state index in [0.717, 1.165) is 16.7 Å². The van der Waals surface area contributed by atoms with Crippen LogP contribution in [-0.4, -0.2) is 19.4 Å².